The fraction of sp³-hybridized carbons (Fsp3) is 0.833. The molecule has 0 heterocycles. The maximum Gasteiger partial charge on any atom is 0.0139 e. The summed E-state index contributed by atoms with van der Waals surface area (Å²) in [7, 11) is 0. The smallest absolute Gasteiger partial charge is 0.0139 e. The molecular formula is C12H23N. The Morgan fingerprint density at radius 2 is 1.85 bits per heavy atom. The molecular weight excluding hydrogens is 158 g/mol. The van der Waals surface area contributed by atoms with Gasteiger partial charge in [0.1, 0.15) is 0 Å². The highest BCUT2D eigenvalue weighted by molar-refractivity contribution is 5.21. The summed E-state index contributed by atoms with van der Waals surface area (Å²) in [5, 5.41) is 0. The van der Waals surface area contributed by atoms with Crippen LogP contribution in [-0.2, 0) is 0 Å². The molecule has 1 nitrogen and oxygen atoms in total. The van der Waals surface area contributed by atoms with Gasteiger partial charge in [-0.3, -0.25) is 0 Å². The van der Waals surface area contributed by atoms with Crippen LogP contribution >= 0.6 is 0 Å². The lowest BCUT2D eigenvalue weighted by atomic mass is 9.65. The van der Waals surface area contributed by atoms with Crippen LogP contribution < -0.4 is 5.73 Å². The molecule has 0 amide bonds. The molecule has 1 rings (SSSR count). The molecule has 2 N–H and O–H groups in total. The molecule has 0 atom stereocenters. The molecule has 0 aromatic heterocycles. The van der Waals surface area contributed by atoms with Gasteiger partial charge >= 0.3 is 0 Å². The molecule has 0 unspecified atom stereocenters. The first kappa shape index (κ1) is 10.8. The van der Waals surface area contributed by atoms with Crippen molar-refractivity contribution in [2.24, 2.45) is 16.6 Å². The largest absolute Gasteiger partial charge is 0.327 e. The van der Waals surface area contributed by atoms with Crippen LogP contribution in [0.25, 0.3) is 0 Å². The predicted molar refractivity (Wildman–Crippen MR) is 58.6 cm³/mol. The zero-order valence-corrected chi connectivity index (χ0v) is 9.32. The molecule has 0 spiro atoms. The fourth-order valence-electron chi connectivity index (χ4n) is 2.89. The monoisotopic (exact) mass is 181 g/mol. The van der Waals surface area contributed by atoms with E-state index in [9.17, 15) is 0 Å². The molecule has 1 saturated carbocycles. The highest BCUT2D eigenvalue weighted by atomic mass is 14.6. The summed E-state index contributed by atoms with van der Waals surface area (Å²) in [6.07, 6.45) is 5.09. The summed E-state index contributed by atoms with van der Waals surface area (Å²) in [6, 6.07) is 0. The third kappa shape index (κ3) is 1.43. The number of hydrogen-bond donors (Lipinski definition) is 1. The normalized spacial score (nSPS) is 20.0. The van der Waals surface area contributed by atoms with E-state index in [0.29, 0.717) is 17.4 Å². The number of hydrogen-bond acceptors (Lipinski definition) is 1. The Morgan fingerprint density at radius 3 is 2.08 bits per heavy atom. The molecule has 0 aliphatic heterocycles. The van der Waals surface area contributed by atoms with Gasteiger partial charge in [0, 0.05) is 6.54 Å². The van der Waals surface area contributed by atoms with Crippen molar-refractivity contribution in [2.75, 3.05) is 6.54 Å². The van der Waals surface area contributed by atoms with Gasteiger partial charge in [-0.2, -0.15) is 0 Å². The molecule has 1 aliphatic carbocycles. The van der Waals surface area contributed by atoms with Crippen molar-refractivity contribution in [2.45, 2.75) is 46.5 Å². The van der Waals surface area contributed by atoms with Gasteiger partial charge in [-0.15, -0.1) is 0 Å². The highest BCUT2D eigenvalue weighted by Gasteiger charge is 2.54. The van der Waals surface area contributed by atoms with E-state index in [1.807, 2.05) is 0 Å². The zero-order valence-electron chi connectivity index (χ0n) is 9.32. The van der Waals surface area contributed by atoms with Crippen LogP contribution in [0.15, 0.2) is 12.2 Å². The van der Waals surface area contributed by atoms with E-state index < -0.39 is 0 Å². The number of rotatable bonds is 5. The first-order valence-electron chi connectivity index (χ1n) is 5.44. The van der Waals surface area contributed by atoms with E-state index in [4.69, 9.17) is 5.73 Å². The molecule has 1 aliphatic rings. The first-order valence-corrected chi connectivity index (χ1v) is 5.44. The summed E-state index contributed by atoms with van der Waals surface area (Å²) in [4.78, 5) is 0. The third-order valence-corrected chi connectivity index (χ3v) is 4.29. The van der Waals surface area contributed by atoms with E-state index in [1.54, 1.807) is 0 Å². The lowest BCUT2D eigenvalue weighted by Crippen LogP contribution is -2.34. The fourth-order valence-corrected chi connectivity index (χ4v) is 2.89. The molecule has 1 fully saturated rings. The highest BCUT2D eigenvalue weighted by Crippen LogP contribution is 2.63. The molecule has 76 valence electrons. The SMILES string of the molecule is C=C(CN)C(CC)(CC)C1(C)CC1. The molecule has 13 heavy (non-hydrogen) atoms. The van der Waals surface area contributed by atoms with Crippen molar-refractivity contribution in [1.82, 2.24) is 0 Å². The topological polar surface area (TPSA) is 26.0 Å². The molecule has 0 radical (unpaired) electrons. The summed E-state index contributed by atoms with van der Waals surface area (Å²) < 4.78 is 0. The summed E-state index contributed by atoms with van der Waals surface area (Å²) in [5.74, 6) is 0. The van der Waals surface area contributed by atoms with Crippen LogP contribution in [-0.4, -0.2) is 6.54 Å². The van der Waals surface area contributed by atoms with E-state index in [1.165, 1.54) is 31.3 Å². The Kier molecular flexibility index (Phi) is 2.86. The Morgan fingerprint density at radius 1 is 1.38 bits per heavy atom. The maximum absolute atomic E-state index is 5.73. The van der Waals surface area contributed by atoms with Crippen molar-refractivity contribution in [3.05, 3.63) is 12.2 Å². The van der Waals surface area contributed by atoms with Gasteiger partial charge in [-0.05, 0) is 36.5 Å². The van der Waals surface area contributed by atoms with Gasteiger partial charge in [0.2, 0.25) is 0 Å². The minimum absolute atomic E-state index is 0.321. The first-order chi connectivity index (χ1) is 6.06. The van der Waals surface area contributed by atoms with Crippen LogP contribution in [0, 0.1) is 10.8 Å². The second kappa shape index (κ2) is 3.45. The Bertz CT molecular complexity index is 197. The van der Waals surface area contributed by atoms with Crippen molar-refractivity contribution in [1.29, 1.82) is 0 Å². The standard InChI is InChI=1S/C12H23N/c1-5-12(6-2,10(3)9-13)11(4)7-8-11/h3,5-9,13H2,1-2,4H3. The molecule has 1 heteroatoms. The Hall–Kier alpha value is -0.300. The van der Waals surface area contributed by atoms with Gasteiger partial charge in [0.25, 0.3) is 0 Å². The van der Waals surface area contributed by atoms with Crippen molar-refractivity contribution >= 4 is 0 Å². The Labute approximate surface area is 82.4 Å². The van der Waals surface area contributed by atoms with Crippen LogP contribution in [0.5, 0.6) is 0 Å². The van der Waals surface area contributed by atoms with E-state index in [0.717, 1.165) is 0 Å². The predicted octanol–water partition coefficient (Wildman–Crippen LogP) is 3.11. The minimum atomic E-state index is 0.321. The lowest BCUT2D eigenvalue weighted by Gasteiger charge is -2.40. The summed E-state index contributed by atoms with van der Waals surface area (Å²) >= 11 is 0. The summed E-state index contributed by atoms with van der Waals surface area (Å²) in [6.45, 7) is 11.8. The number of nitrogens with two attached hydrogens (primary N) is 1. The van der Waals surface area contributed by atoms with Crippen molar-refractivity contribution in [3.63, 3.8) is 0 Å². The third-order valence-electron chi connectivity index (χ3n) is 4.29. The van der Waals surface area contributed by atoms with Gasteiger partial charge in [0.05, 0.1) is 0 Å². The van der Waals surface area contributed by atoms with E-state index in [2.05, 4.69) is 27.4 Å². The average molecular weight is 181 g/mol. The van der Waals surface area contributed by atoms with Crippen LogP contribution in [0.1, 0.15) is 46.5 Å². The van der Waals surface area contributed by atoms with Crippen LogP contribution in [0.4, 0.5) is 0 Å². The lowest BCUT2D eigenvalue weighted by molar-refractivity contribution is 0.184. The molecule has 0 aromatic rings. The maximum atomic E-state index is 5.73. The van der Waals surface area contributed by atoms with E-state index >= 15 is 0 Å². The van der Waals surface area contributed by atoms with Gasteiger partial charge < -0.3 is 5.73 Å². The molecule has 0 saturated heterocycles. The van der Waals surface area contributed by atoms with Crippen LogP contribution in [0.2, 0.25) is 0 Å². The van der Waals surface area contributed by atoms with E-state index in [-0.39, 0.29) is 0 Å². The minimum Gasteiger partial charge on any atom is -0.327 e. The van der Waals surface area contributed by atoms with Gasteiger partial charge in [-0.25, -0.2) is 0 Å². The second-order valence-electron chi connectivity index (χ2n) is 4.66. The summed E-state index contributed by atoms with van der Waals surface area (Å²) in [5.41, 5.74) is 7.82. The Balaban J connectivity index is 2.92. The van der Waals surface area contributed by atoms with Gasteiger partial charge in [0.15, 0.2) is 0 Å². The van der Waals surface area contributed by atoms with Gasteiger partial charge in [-0.1, -0.05) is 32.9 Å². The molecule has 0 bridgehead atoms. The molecule has 0 aromatic carbocycles. The zero-order chi connectivity index (χ0) is 10.1. The average Bonchev–Trinajstić information content (AvgIpc) is 2.87. The second-order valence-corrected chi connectivity index (χ2v) is 4.66. The van der Waals surface area contributed by atoms with Crippen LogP contribution in [0.3, 0.4) is 0 Å². The quantitative estimate of drug-likeness (QED) is 0.648. The van der Waals surface area contributed by atoms with Crippen molar-refractivity contribution in [3.8, 4) is 0 Å². The van der Waals surface area contributed by atoms with Crippen molar-refractivity contribution < 1.29 is 0 Å².